The van der Waals surface area contributed by atoms with Crippen LogP contribution in [-0.2, 0) is 0 Å². The Morgan fingerprint density at radius 1 is 1.43 bits per heavy atom. The monoisotopic (exact) mass is 222 g/mol. The zero-order valence-corrected chi connectivity index (χ0v) is 8.22. The van der Waals surface area contributed by atoms with Crippen LogP contribution in [0.2, 0.25) is 5.02 Å². The van der Waals surface area contributed by atoms with Gasteiger partial charge in [-0.15, -0.1) is 0 Å². The number of ether oxygens (including phenoxy) is 2. The highest BCUT2D eigenvalue weighted by atomic mass is 35.5. The molecule has 2 nitrogen and oxygen atoms in total. The third kappa shape index (κ3) is 3.03. The second-order valence-corrected chi connectivity index (χ2v) is 2.91. The lowest BCUT2D eigenvalue weighted by molar-refractivity contribution is 0.0819. The van der Waals surface area contributed by atoms with Gasteiger partial charge in [-0.2, -0.15) is 0 Å². The molecule has 0 aliphatic heterocycles. The fourth-order valence-electron chi connectivity index (χ4n) is 0.896. The summed E-state index contributed by atoms with van der Waals surface area (Å²) in [7, 11) is 1.47. The molecule has 0 aliphatic carbocycles. The van der Waals surface area contributed by atoms with Gasteiger partial charge in [-0.3, -0.25) is 0 Å². The van der Waals surface area contributed by atoms with E-state index < -0.39 is 13.0 Å². The van der Waals surface area contributed by atoms with Gasteiger partial charge in [-0.05, 0) is 12.1 Å². The van der Waals surface area contributed by atoms with Gasteiger partial charge in [0.2, 0.25) is 0 Å². The quantitative estimate of drug-likeness (QED) is 0.780. The first-order valence-corrected chi connectivity index (χ1v) is 4.25. The molecule has 0 bridgehead atoms. The molecular formula is C9H9ClF2O2. The van der Waals surface area contributed by atoms with E-state index in [1.54, 1.807) is 6.07 Å². The third-order valence-corrected chi connectivity index (χ3v) is 1.79. The third-order valence-electron chi connectivity index (χ3n) is 1.50. The van der Waals surface area contributed by atoms with Crippen molar-refractivity contribution in [3.63, 3.8) is 0 Å². The van der Waals surface area contributed by atoms with Gasteiger partial charge < -0.3 is 9.47 Å². The van der Waals surface area contributed by atoms with Crippen LogP contribution in [-0.4, -0.2) is 20.1 Å². The molecule has 5 heteroatoms. The summed E-state index contributed by atoms with van der Waals surface area (Å²) in [6.45, 7) is -0.636. The van der Waals surface area contributed by atoms with Crippen molar-refractivity contribution >= 4 is 11.6 Å². The Balaban J connectivity index is 2.66. The maximum absolute atomic E-state index is 11.8. The Kier molecular flexibility index (Phi) is 3.95. The molecule has 1 rings (SSSR count). The minimum atomic E-state index is -2.49. The number of halogens is 3. The zero-order chi connectivity index (χ0) is 10.6. The van der Waals surface area contributed by atoms with Crippen LogP contribution in [0, 0.1) is 0 Å². The van der Waals surface area contributed by atoms with Gasteiger partial charge in [0.05, 0.1) is 12.1 Å². The van der Waals surface area contributed by atoms with E-state index in [2.05, 4.69) is 0 Å². The van der Waals surface area contributed by atoms with Crippen LogP contribution < -0.4 is 9.47 Å². The predicted octanol–water partition coefficient (Wildman–Crippen LogP) is 2.99. The second-order valence-electron chi connectivity index (χ2n) is 2.50. The van der Waals surface area contributed by atoms with Crippen LogP contribution in [0.25, 0.3) is 0 Å². The molecule has 1 aromatic rings. The summed E-state index contributed by atoms with van der Waals surface area (Å²) in [5, 5.41) is 0.333. The molecule has 0 radical (unpaired) electrons. The topological polar surface area (TPSA) is 18.5 Å². The molecule has 0 saturated heterocycles. The van der Waals surface area contributed by atoms with Gasteiger partial charge >= 0.3 is 0 Å². The van der Waals surface area contributed by atoms with E-state index in [9.17, 15) is 8.78 Å². The average molecular weight is 223 g/mol. The number of methoxy groups -OCH3 is 1. The molecule has 0 N–H and O–H groups in total. The highest BCUT2D eigenvalue weighted by Crippen LogP contribution is 2.28. The van der Waals surface area contributed by atoms with Gasteiger partial charge in [0.1, 0.15) is 18.1 Å². The van der Waals surface area contributed by atoms with Crippen molar-refractivity contribution in [3.8, 4) is 11.5 Å². The lowest BCUT2D eigenvalue weighted by Crippen LogP contribution is -2.06. The fraction of sp³-hybridized carbons (Fsp3) is 0.333. The standard InChI is InChI=1S/C9H9ClF2O2/c1-13-8-3-2-6(4-7(8)10)14-5-9(11)12/h2-4,9H,5H2,1H3. The van der Waals surface area contributed by atoms with Crippen molar-refractivity contribution in [1.29, 1.82) is 0 Å². The highest BCUT2D eigenvalue weighted by Gasteiger charge is 2.06. The number of benzene rings is 1. The molecule has 0 fully saturated rings. The summed E-state index contributed by atoms with van der Waals surface area (Å²) in [4.78, 5) is 0. The van der Waals surface area contributed by atoms with Gasteiger partial charge in [-0.1, -0.05) is 11.6 Å². The number of rotatable bonds is 4. The molecule has 0 unspecified atom stereocenters. The molecule has 0 amide bonds. The van der Waals surface area contributed by atoms with Crippen LogP contribution >= 0.6 is 11.6 Å². The van der Waals surface area contributed by atoms with E-state index in [1.165, 1.54) is 19.2 Å². The molecule has 0 saturated carbocycles. The van der Waals surface area contributed by atoms with Gasteiger partial charge in [0.25, 0.3) is 6.43 Å². The Labute approximate surface area is 85.4 Å². The fourth-order valence-corrected chi connectivity index (χ4v) is 1.14. The van der Waals surface area contributed by atoms with Crippen LogP contribution in [0.4, 0.5) is 8.78 Å². The van der Waals surface area contributed by atoms with Gasteiger partial charge in [-0.25, -0.2) is 8.78 Å². The Morgan fingerprint density at radius 2 is 2.14 bits per heavy atom. The van der Waals surface area contributed by atoms with E-state index in [0.29, 0.717) is 16.5 Å². The highest BCUT2D eigenvalue weighted by molar-refractivity contribution is 6.32. The lowest BCUT2D eigenvalue weighted by atomic mass is 10.3. The molecule has 0 spiro atoms. The van der Waals surface area contributed by atoms with E-state index in [4.69, 9.17) is 21.1 Å². The van der Waals surface area contributed by atoms with Crippen molar-refractivity contribution in [1.82, 2.24) is 0 Å². The number of hydrogen-bond donors (Lipinski definition) is 0. The predicted molar refractivity (Wildman–Crippen MR) is 49.5 cm³/mol. The summed E-state index contributed by atoms with van der Waals surface area (Å²) in [5.74, 6) is 0.784. The largest absolute Gasteiger partial charge is 0.495 e. The van der Waals surface area contributed by atoms with E-state index >= 15 is 0 Å². The van der Waals surface area contributed by atoms with Crippen molar-refractivity contribution in [2.24, 2.45) is 0 Å². The summed E-state index contributed by atoms with van der Waals surface area (Å²) in [6, 6.07) is 4.51. The number of hydrogen-bond acceptors (Lipinski definition) is 2. The van der Waals surface area contributed by atoms with E-state index in [-0.39, 0.29) is 0 Å². The first-order valence-electron chi connectivity index (χ1n) is 3.88. The van der Waals surface area contributed by atoms with Crippen molar-refractivity contribution in [2.45, 2.75) is 6.43 Å². The van der Waals surface area contributed by atoms with Crippen LogP contribution in [0.3, 0.4) is 0 Å². The van der Waals surface area contributed by atoms with Gasteiger partial charge in [0.15, 0.2) is 0 Å². The van der Waals surface area contributed by atoms with E-state index in [1.807, 2.05) is 0 Å². The summed E-state index contributed by atoms with van der Waals surface area (Å²) >= 11 is 5.75. The smallest absolute Gasteiger partial charge is 0.272 e. The SMILES string of the molecule is COc1ccc(OCC(F)F)cc1Cl. The molecule has 14 heavy (non-hydrogen) atoms. The Hall–Kier alpha value is -1.03. The zero-order valence-electron chi connectivity index (χ0n) is 7.47. The molecule has 0 aromatic heterocycles. The summed E-state index contributed by atoms with van der Waals surface area (Å²) in [5.41, 5.74) is 0. The molecular weight excluding hydrogens is 214 g/mol. The second kappa shape index (κ2) is 5.00. The normalized spacial score (nSPS) is 10.4. The van der Waals surface area contributed by atoms with E-state index in [0.717, 1.165) is 0 Å². The molecule has 1 aromatic carbocycles. The van der Waals surface area contributed by atoms with Crippen LogP contribution in [0.15, 0.2) is 18.2 Å². The van der Waals surface area contributed by atoms with Crippen molar-refractivity contribution in [2.75, 3.05) is 13.7 Å². The molecule has 0 heterocycles. The average Bonchev–Trinajstić information content (AvgIpc) is 2.15. The molecule has 0 atom stereocenters. The Morgan fingerprint density at radius 3 is 2.64 bits per heavy atom. The van der Waals surface area contributed by atoms with Crippen molar-refractivity contribution in [3.05, 3.63) is 23.2 Å². The van der Waals surface area contributed by atoms with Crippen LogP contribution in [0.1, 0.15) is 0 Å². The van der Waals surface area contributed by atoms with Crippen molar-refractivity contribution < 1.29 is 18.3 Å². The minimum Gasteiger partial charge on any atom is -0.495 e. The number of alkyl halides is 2. The lowest BCUT2D eigenvalue weighted by Gasteiger charge is -2.07. The minimum absolute atomic E-state index is 0.302. The summed E-state index contributed by atoms with van der Waals surface area (Å²) in [6.07, 6.45) is -2.49. The maximum atomic E-state index is 11.8. The Bertz CT molecular complexity index is 305. The van der Waals surface area contributed by atoms with Gasteiger partial charge in [0, 0.05) is 6.07 Å². The first kappa shape index (κ1) is 11.0. The molecule has 0 aliphatic rings. The summed E-state index contributed by atoms with van der Waals surface area (Å²) < 4.78 is 33.2. The molecule has 78 valence electrons. The first-order chi connectivity index (χ1) is 6.63. The maximum Gasteiger partial charge on any atom is 0.272 e. The van der Waals surface area contributed by atoms with Crippen LogP contribution in [0.5, 0.6) is 11.5 Å².